The minimum Gasteiger partial charge on any atom is -0.398 e. The van der Waals surface area contributed by atoms with Gasteiger partial charge in [-0.2, -0.15) is 5.10 Å². The second kappa shape index (κ2) is 3.99. The quantitative estimate of drug-likeness (QED) is 0.683. The monoisotopic (exact) mass is 258 g/mol. The normalized spacial score (nSPS) is 11.0. The number of hydrogen-bond acceptors (Lipinski definition) is 3. The van der Waals surface area contributed by atoms with E-state index in [4.69, 9.17) is 17.3 Å². The number of benzene rings is 1. The number of nitrogen functional groups attached to an aromatic ring is 1. The van der Waals surface area contributed by atoms with Gasteiger partial charge in [0.1, 0.15) is 5.15 Å². The van der Waals surface area contributed by atoms with E-state index in [1.54, 1.807) is 10.6 Å². The van der Waals surface area contributed by atoms with E-state index < -0.39 is 0 Å². The van der Waals surface area contributed by atoms with Gasteiger partial charge in [-0.05, 0) is 30.7 Å². The molecule has 0 atom stereocenters. The predicted molar refractivity (Wildman–Crippen MR) is 72.6 cm³/mol. The first kappa shape index (κ1) is 11.0. The van der Waals surface area contributed by atoms with Gasteiger partial charge in [0.2, 0.25) is 0 Å². The number of nitrogens with two attached hydrogens (primary N) is 1. The molecule has 2 heterocycles. The second-order valence-corrected chi connectivity index (χ2v) is 4.54. The standard InChI is InChI=1S/C13H11ClN4/c1-8-2-3-9(6-10(8)15)11-7-18-13(16-11)5-4-12(14)17-18/h2-7H,15H2,1H3. The molecule has 90 valence electrons. The van der Waals surface area contributed by atoms with Crippen molar-refractivity contribution in [3.8, 4) is 11.3 Å². The summed E-state index contributed by atoms with van der Waals surface area (Å²) in [5.74, 6) is 0. The molecule has 18 heavy (non-hydrogen) atoms. The molecule has 0 aliphatic rings. The van der Waals surface area contributed by atoms with E-state index in [2.05, 4.69) is 10.1 Å². The van der Waals surface area contributed by atoms with Crippen LogP contribution in [0.4, 0.5) is 5.69 Å². The molecular weight excluding hydrogens is 248 g/mol. The van der Waals surface area contributed by atoms with Crippen molar-refractivity contribution in [2.45, 2.75) is 6.92 Å². The van der Waals surface area contributed by atoms with Crippen LogP contribution in [0.1, 0.15) is 5.56 Å². The van der Waals surface area contributed by atoms with Crippen molar-refractivity contribution in [1.29, 1.82) is 0 Å². The van der Waals surface area contributed by atoms with Crippen LogP contribution in [0.15, 0.2) is 36.5 Å². The Morgan fingerprint density at radius 2 is 2.06 bits per heavy atom. The number of aromatic nitrogens is 3. The van der Waals surface area contributed by atoms with Crippen LogP contribution in [0, 0.1) is 6.92 Å². The van der Waals surface area contributed by atoms with Crippen LogP contribution in [-0.4, -0.2) is 14.6 Å². The second-order valence-electron chi connectivity index (χ2n) is 4.16. The Morgan fingerprint density at radius 1 is 1.22 bits per heavy atom. The zero-order valence-corrected chi connectivity index (χ0v) is 10.5. The molecule has 3 aromatic rings. The maximum atomic E-state index is 5.91. The third kappa shape index (κ3) is 1.80. The Hall–Kier alpha value is -2.07. The van der Waals surface area contributed by atoms with Gasteiger partial charge in [-0.1, -0.05) is 23.7 Å². The minimum atomic E-state index is 0.440. The van der Waals surface area contributed by atoms with Crippen LogP contribution in [-0.2, 0) is 0 Å². The van der Waals surface area contributed by atoms with Gasteiger partial charge in [-0.25, -0.2) is 9.50 Å². The lowest BCUT2D eigenvalue weighted by Crippen LogP contribution is -1.89. The molecule has 5 heteroatoms. The summed E-state index contributed by atoms with van der Waals surface area (Å²) in [5.41, 5.74) is 10.3. The van der Waals surface area contributed by atoms with Crippen LogP contribution in [0.2, 0.25) is 5.15 Å². The third-order valence-corrected chi connectivity index (χ3v) is 3.06. The molecule has 2 aromatic heterocycles. The summed E-state index contributed by atoms with van der Waals surface area (Å²) >= 11 is 5.84. The summed E-state index contributed by atoms with van der Waals surface area (Å²) in [7, 11) is 0. The highest BCUT2D eigenvalue weighted by molar-refractivity contribution is 6.29. The average molecular weight is 259 g/mol. The number of aryl methyl sites for hydroxylation is 1. The summed E-state index contributed by atoms with van der Waals surface area (Å²) in [6.07, 6.45) is 1.84. The fraction of sp³-hybridized carbons (Fsp3) is 0.0769. The van der Waals surface area contributed by atoms with Crippen LogP contribution < -0.4 is 5.73 Å². The van der Waals surface area contributed by atoms with Gasteiger partial charge in [0.05, 0.1) is 11.9 Å². The van der Waals surface area contributed by atoms with Crippen molar-refractivity contribution in [3.05, 3.63) is 47.2 Å². The molecule has 2 N–H and O–H groups in total. The maximum absolute atomic E-state index is 5.91. The van der Waals surface area contributed by atoms with Crippen molar-refractivity contribution >= 4 is 22.9 Å². The van der Waals surface area contributed by atoms with Gasteiger partial charge < -0.3 is 5.73 Å². The van der Waals surface area contributed by atoms with Crippen molar-refractivity contribution in [2.24, 2.45) is 0 Å². The van der Waals surface area contributed by atoms with E-state index in [-0.39, 0.29) is 0 Å². The van der Waals surface area contributed by atoms with Gasteiger partial charge in [0.15, 0.2) is 5.65 Å². The highest BCUT2D eigenvalue weighted by Crippen LogP contribution is 2.23. The van der Waals surface area contributed by atoms with Crippen LogP contribution in [0.3, 0.4) is 0 Å². The molecule has 0 saturated carbocycles. The molecule has 4 nitrogen and oxygen atoms in total. The van der Waals surface area contributed by atoms with Crippen LogP contribution >= 0.6 is 11.6 Å². The Morgan fingerprint density at radius 3 is 2.83 bits per heavy atom. The van der Waals surface area contributed by atoms with E-state index in [0.29, 0.717) is 5.15 Å². The number of anilines is 1. The average Bonchev–Trinajstić information content (AvgIpc) is 2.75. The largest absolute Gasteiger partial charge is 0.398 e. The third-order valence-electron chi connectivity index (χ3n) is 2.86. The minimum absolute atomic E-state index is 0.440. The lowest BCUT2D eigenvalue weighted by atomic mass is 10.1. The lowest BCUT2D eigenvalue weighted by Gasteiger charge is -2.01. The predicted octanol–water partition coefficient (Wildman–Crippen LogP) is 2.94. The summed E-state index contributed by atoms with van der Waals surface area (Å²) in [6.45, 7) is 1.98. The van der Waals surface area contributed by atoms with Crippen molar-refractivity contribution in [2.75, 3.05) is 5.73 Å². The zero-order chi connectivity index (χ0) is 12.7. The number of imidazole rings is 1. The van der Waals surface area contributed by atoms with E-state index in [9.17, 15) is 0 Å². The Labute approximate surface area is 109 Å². The van der Waals surface area contributed by atoms with Crippen LogP contribution in [0.25, 0.3) is 16.9 Å². The topological polar surface area (TPSA) is 56.2 Å². The Balaban J connectivity index is 2.16. The molecule has 0 spiro atoms. The Kier molecular flexibility index (Phi) is 2.45. The summed E-state index contributed by atoms with van der Waals surface area (Å²) in [5, 5.41) is 4.59. The molecule has 0 aliphatic carbocycles. The number of hydrogen-bond donors (Lipinski definition) is 1. The van der Waals surface area contributed by atoms with Gasteiger partial charge in [-0.3, -0.25) is 0 Å². The van der Waals surface area contributed by atoms with E-state index in [0.717, 1.165) is 28.2 Å². The summed E-state index contributed by atoms with van der Waals surface area (Å²) in [4.78, 5) is 4.48. The molecule has 0 bridgehead atoms. The van der Waals surface area contributed by atoms with Crippen LogP contribution in [0.5, 0.6) is 0 Å². The fourth-order valence-electron chi connectivity index (χ4n) is 1.80. The first-order valence-electron chi connectivity index (χ1n) is 5.52. The number of rotatable bonds is 1. The van der Waals surface area contributed by atoms with Crippen molar-refractivity contribution in [1.82, 2.24) is 14.6 Å². The molecule has 0 unspecified atom stereocenters. The highest BCUT2D eigenvalue weighted by Gasteiger charge is 2.06. The maximum Gasteiger partial charge on any atom is 0.154 e. The SMILES string of the molecule is Cc1ccc(-c2cn3nc(Cl)ccc3n2)cc1N. The highest BCUT2D eigenvalue weighted by atomic mass is 35.5. The molecule has 3 rings (SSSR count). The zero-order valence-electron chi connectivity index (χ0n) is 9.76. The molecule has 1 aromatic carbocycles. The molecule has 0 amide bonds. The van der Waals surface area contributed by atoms with Gasteiger partial charge in [-0.15, -0.1) is 0 Å². The van der Waals surface area contributed by atoms with Crippen molar-refractivity contribution in [3.63, 3.8) is 0 Å². The number of fused-ring (bicyclic) bond motifs is 1. The molecular formula is C13H11ClN4. The van der Waals surface area contributed by atoms with E-state index >= 15 is 0 Å². The van der Waals surface area contributed by atoms with Gasteiger partial charge in [0, 0.05) is 11.3 Å². The summed E-state index contributed by atoms with van der Waals surface area (Å²) < 4.78 is 1.66. The molecule has 0 fully saturated rings. The summed E-state index contributed by atoms with van der Waals surface area (Å²) in [6, 6.07) is 9.44. The van der Waals surface area contributed by atoms with Crippen molar-refractivity contribution < 1.29 is 0 Å². The van der Waals surface area contributed by atoms with E-state index in [1.165, 1.54) is 0 Å². The lowest BCUT2D eigenvalue weighted by molar-refractivity contribution is 0.937. The smallest absolute Gasteiger partial charge is 0.154 e. The van der Waals surface area contributed by atoms with Gasteiger partial charge >= 0.3 is 0 Å². The number of nitrogens with zero attached hydrogens (tertiary/aromatic N) is 3. The van der Waals surface area contributed by atoms with Gasteiger partial charge in [0.25, 0.3) is 0 Å². The Bertz CT molecular complexity index is 733. The molecule has 0 saturated heterocycles. The molecule has 0 radical (unpaired) electrons. The fourth-order valence-corrected chi connectivity index (χ4v) is 1.94. The number of halogens is 1. The first-order chi connectivity index (χ1) is 8.63. The first-order valence-corrected chi connectivity index (χ1v) is 5.90. The van der Waals surface area contributed by atoms with E-state index in [1.807, 2.05) is 37.4 Å². The molecule has 0 aliphatic heterocycles.